The lowest BCUT2D eigenvalue weighted by atomic mass is 10.0. The third kappa shape index (κ3) is 3.75. The van der Waals surface area contributed by atoms with Gasteiger partial charge in [0.1, 0.15) is 5.52 Å². The molecule has 6 nitrogen and oxygen atoms in total. The van der Waals surface area contributed by atoms with Gasteiger partial charge in [0, 0.05) is 30.9 Å². The van der Waals surface area contributed by atoms with Gasteiger partial charge in [-0.15, -0.1) is 0 Å². The highest BCUT2D eigenvalue weighted by Crippen LogP contribution is 2.37. The average molecular weight is 385 g/mol. The maximum atomic E-state index is 5.49. The van der Waals surface area contributed by atoms with Crippen molar-refractivity contribution in [1.82, 2.24) is 14.9 Å². The molecule has 2 aliphatic rings. The Morgan fingerprint density at radius 3 is 2.57 bits per heavy atom. The molecule has 1 N–H and O–H groups in total. The van der Waals surface area contributed by atoms with Crippen LogP contribution in [0, 0.1) is 0 Å². The molecule has 1 saturated heterocycles. The molecule has 0 bridgehead atoms. The van der Waals surface area contributed by atoms with Gasteiger partial charge in [0.05, 0.1) is 25.4 Å². The maximum Gasteiger partial charge on any atom is 0.257 e. The van der Waals surface area contributed by atoms with Crippen LogP contribution in [-0.4, -0.2) is 54.8 Å². The highest BCUT2D eigenvalue weighted by molar-refractivity contribution is 5.91. The third-order valence-electron chi connectivity index (χ3n) is 6.21. The van der Waals surface area contributed by atoms with Crippen molar-refractivity contribution in [3.8, 4) is 11.6 Å². The Labute approximate surface area is 167 Å². The number of piperidine rings is 1. The standard InChI is InChI=1S/C22H32N4O2/c1-4-26-12-10-15(11-13-26)23-20-16-8-6-5-7-9-17(16)24-18-14-19(27-2)22(28-3)25-21(18)20/h14-15H,4-13H2,1-3H3,(H,23,24). The molecule has 0 atom stereocenters. The van der Waals surface area contributed by atoms with E-state index in [4.69, 9.17) is 19.4 Å². The van der Waals surface area contributed by atoms with Gasteiger partial charge in [-0.1, -0.05) is 13.3 Å². The van der Waals surface area contributed by atoms with E-state index in [0.717, 1.165) is 43.5 Å². The fourth-order valence-corrected chi connectivity index (χ4v) is 4.53. The first kappa shape index (κ1) is 19.2. The molecule has 152 valence electrons. The predicted molar refractivity (Wildman–Crippen MR) is 113 cm³/mol. The molecule has 1 fully saturated rings. The average Bonchev–Trinajstić information content (AvgIpc) is 2.98. The zero-order valence-electron chi connectivity index (χ0n) is 17.4. The number of rotatable bonds is 5. The molecule has 0 unspecified atom stereocenters. The first-order valence-electron chi connectivity index (χ1n) is 10.7. The molecule has 3 heterocycles. The van der Waals surface area contributed by atoms with Gasteiger partial charge < -0.3 is 19.7 Å². The Morgan fingerprint density at radius 2 is 1.86 bits per heavy atom. The number of nitrogens with zero attached hydrogens (tertiary/aromatic N) is 3. The van der Waals surface area contributed by atoms with Crippen LogP contribution in [0.2, 0.25) is 0 Å². The number of methoxy groups -OCH3 is 2. The Morgan fingerprint density at radius 1 is 1.07 bits per heavy atom. The number of nitrogens with one attached hydrogen (secondary N) is 1. The third-order valence-corrected chi connectivity index (χ3v) is 6.21. The number of likely N-dealkylation sites (tertiary alicyclic amines) is 1. The topological polar surface area (TPSA) is 59.5 Å². The van der Waals surface area contributed by atoms with Crippen molar-refractivity contribution < 1.29 is 9.47 Å². The van der Waals surface area contributed by atoms with Crippen molar-refractivity contribution in [1.29, 1.82) is 0 Å². The molecule has 0 saturated carbocycles. The summed E-state index contributed by atoms with van der Waals surface area (Å²) in [6, 6.07) is 2.45. The summed E-state index contributed by atoms with van der Waals surface area (Å²) in [6.07, 6.45) is 8.14. The summed E-state index contributed by atoms with van der Waals surface area (Å²) < 4.78 is 11.0. The molecule has 1 aliphatic heterocycles. The molecule has 2 aromatic rings. The Kier molecular flexibility index (Phi) is 5.85. The Hall–Kier alpha value is -2.08. The lowest BCUT2D eigenvalue weighted by molar-refractivity contribution is 0.229. The van der Waals surface area contributed by atoms with E-state index < -0.39 is 0 Å². The summed E-state index contributed by atoms with van der Waals surface area (Å²) in [7, 11) is 3.29. The second-order valence-electron chi connectivity index (χ2n) is 7.89. The molecule has 0 aromatic carbocycles. The first-order chi connectivity index (χ1) is 13.7. The number of hydrogen-bond acceptors (Lipinski definition) is 6. The van der Waals surface area contributed by atoms with E-state index >= 15 is 0 Å². The monoisotopic (exact) mass is 384 g/mol. The normalized spacial score (nSPS) is 18.5. The van der Waals surface area contributed by atoms with Gasteiger partial charge in [-0.3, -0.25) is 4.98 Å². The molecule has 0 amide bonds. The smallest absolute Gasteiger partial charge is 0.257 e. The lowest BCUT2D eigenvalue weighted by Gasteiger charge is -2.33. The molecule has 0 spiro atoms. The number of anilines is 1. The molecule has 2 aromatic heterocycles. The molecular weight excluding hydrogens is 352 g/mol. The molecule has 28 heavy (non-hydrogen) atoms. The van der Waals surface area contributed by atoms with Crippen LogP contribution >= 0.6 is 0 Å². The number of aromatic nitrogens is 2. The van der Waals surface area contributed by atoms with E-state index in [1.807, 2.05) is 6.07 Å². The Bertz CT molecular complexity index is 831. The number of hydrogen-bond donors (Lipinski definition) is 1. The quantitative estimate of drug-likeness (QED) is 0.791. The molecule has 1 aliphatic carbocycles. The van der Waals surface area contributed by atoms with Crippen molar-refractivity contribution in [3.05, 3.63) is 17.3 Å². The second-order valence-corrected chi connectivity index (χ2v) is 7.89. The van der Waals surface area contributed by atoms with E-state index in [2.05, 4.69) is 17.1 Å². The minimum Gasteiger partial charge on any atom is -0.491 e. The summed E-state index contributed by atoms with van der Waals surface area (Å²) in [4.78, 5) is 12.3. The predicted octanol–water partition coefficient (Wildman–Crippen LogP) is 3.81. The molecule has 6 heteroatoms. The number of pyridine rings is 2. The Balaban J connectivity index is 1.78. The van der Waals surface area contributed by atoms with Gasteiger partial charge in [0.25, 0.3) is 5.88 Å². The van der Waals surface area contributed by atoms with E-state index in [0.29, 0.717) is 17.7 Å². The SMILES string of the molecule is CCN1CCC(Nc2c3c(nc4cc(OC)c(OC)nc24)CCCCC3)CC1. The van der Waals surface area contributed by atoms with Crippen LogP contribution in [0.4, 0.5) is 5.69 Å². The number of aryl methyl sites for hydroxylation is 1. The van der Waals surface area contributed by atoms with Gasteiger partial charge in [-0.2, -0.15) is 0 Å². The van der Waals surface area contributed by atoms with Crippen molar-refractivity contribution in [3.63, 3.8) is 0 Å². The van der Waals surface area contributed by atoms with E-state index in [1.54, 1.807) is 14.2 Å². The van der Waals surface area contributed by atoms with Crippen LogP contribution in [0.25, 0.3) is 11.0 Å². The maximum absolute atomic E-state index is 5.49. The van der Waals surface area contributed by atoms with Crippen molar-refractivity contribution in [2.45, 2.75) is 57.9 Å². The fraction of sp³-hybridized carbons (Fsp3) is 0.636. The summed E-state index contributed by atoms with van der Waals surface area (Å²) >= 11 is 0. The van der Waals surface area contributed by atoms with Crippen LogP contribution in [0.3, 0.4) is 0 Å². The second kappa shape index (κ2) is 8.52. The van der Waals surface area contributed by atoms with Crippen LogP contribution < -0.4 is 14.8 Å². The zero-order chi connectivity index (χ0) is 19.5. The minimum atomic E-state index is 0.482. The van der Waals surface area contributed by atoms with Gasteiger partial charge in [0.2, 0.25) is 0 Å². The fourth-order valence-electron chi connectivity index (χ4n) is 4.53. The summed E-state index contributed by atoms with van der Waals surface area (Å²) in [5.41, 5.74) is 5.58. The highest BCUT2D eigenvalue weighted by atomic mass is 16.5. The van der Waals surface area contributed by atoms with Crippen LogP contribution in [0.15, 0.2) is 6.07 Å². The highest BCUT2D eigenvalue weighted by Gasteiger charge is 2.24. The van der Waals surface area contributed by atoms with Crippen molar-refractivity contribution in [2.75, 3.05) is 39.2 Å². The van der Waals surface area contributed by atoms with Gasteiger partial charge in [-0.25, -0.2) is 4.98 Å². The van der Waals surface area contributed by atoms with Gasteiger partial charge in [-0.05, 0) is 50.6 Å². The zero-order valence-corrected chi connectivity index (χ0v) is 17.4. The molecular formula is C22H32N4O2. The van der Waals surface area contributed by atoms with Crippen LogP contribution in [0.1, 0.15) is 50.3 Å². The molecule has 0 radical (unpaired) electrons. The minimum absolute atomic E-state index is 0.482. The van der Waals surface area contributed by atoms with Crippen LogP contribution in [-0.2, 0) is 12.8 Å². The number of fused-ring (bicyclic) bond motifs is 2. The number of ether oxygens (including phenoxy) is 2. The van der Waals surface area contributed by atoms with E-state index in [-0.39, 0.29) is 0 Å². The molecule has 4 rings (SSSR count). The first-order valence-corrected chi connectivity index (χ1v) is 10.7. The summed E-state index contributed by atoms with van der Waals surface area (Å²) in [5, 5.41) is 3.89. The lowest BCUT2D eigenvalue weighted by Crippen LogP contribution is -2.39. The summed E-state index contributed by atoms with van der Waals surface area (Å²) in [6.45, 7) is 5.69. The van der Waals surface area contributed by atoms with Gasteiger partial charge >= 0.3 is 0 Å². The van der Waals surface area contributed by atoms with Crippen molar-refractivity contribution in [2.24, 2.45) is 0 Å². The van der Waals surface area contributed by atoms with E-state index in [1.165, 1.54) is 49.0 Å². The van der Waals surface area contributed by atoms with Crippen molar-refractivity contribution >= 4 is 16.7 Å². The van der Waals surface area contributed by atoms with Gasteiger partial charge in [0.15, 0.2) is 5.75 Å². The summed E-state index contributed by atoms with van der Waals surface area (Å²) in [5.74, 6) is 1.16. The van der Waals surface area contributed by atoms with Crippen LogP contribution in [0.5, 0.6) is 11.6 Å². The largest absolute Gasteiger partial charge is 0.491 e. The van der Waals surface area contributed by atoms with E-state index in [9.17, 15) is 0 Å².